The lowest BCUT2D eigenvalue weighted by atomic mass is 9.64. The molecule has 3 heterocycles. The number of aliphatic hydroxyl groups is 1. The molecule has 2 aromatic carbocycles. The highest BCUT2D eigenvalue weighted by Gasteiger charge is 2.53. The third-order valence-corrected chi connectivity index (χ3v) is 8.46. The summed E-state index contributed by atoms with van der Waals surface area (Å²) in [6, 6.07) is 6.88. The number of hydrogen-bond acceptors (Lipinski definition) is 4. The monoisotopic (exact) mass is 532 g/mol. The molecule has 2 fully saturated rings. The Kier molecular flexibility index (Phi) is 5.96. The first-order valence-corrected chi connectivity index (χ1v) is 12.3. The van der Waals surface area contributed by atoms with Gasteiger partial charge in [-0.2, -0.15) is 18.4 Å². The van der Waals surface area contributed by atoms with Gasteiger partial charge in [-0.05, 0) is 85.1 Å². The third-order valence-electron chi connectivity index (χ3n) is 8.07. The van der Waals surface area contributed by atoms with E-state index in [2.05, 4.69) is 12.2 Å². The Balaban J connectivity index is 1.69. The SMILES string of the molecule is CNC(=O)c1cc2c(cc1F)N1C(=S)N(c3ccc(C#N)c(C(F)(F)F)c3)C(O)[C@@H]1C1CCC2(C)CC1. The van der Waals surface area contributed by atoms with Crippen molar-refractivity contribution >= 4 is 34.6 Å². The summed E-state index contributed by atoms with van der Waals surface area (Å²) in [5, 5.41) is 23.1. The Labute approximate surface area is 216 Å². The van der Waals surface area contributed by atoms with Crippen molar-refractivity contribution in [2.75, 3.05) is 16.8 Å². The van der Waals surface area contributed by atoms with Gasteiger partial charge in [0.25, 0.3) is 5.91 Å². The lowest BCUT2D eigenvalue weighted by Crippen LogP contribution is -2.49. The van der Waals surface area contributed by atoms with Crippen molar-refractivity contribution in [3.8, 4) is 6.07 Å². The van der Waals surface area contributed by atoms with Gasteiger partial charge in [-0.15, -0.1) is 0 Å². The number of anilines is 2. The van der Waals surface area contributed by atoms with Gasteiger partial charge in [0, 0.05) is 12.7 Å². The molecule has 1 amide bonds. The number of halogens is 4. The van der Waals surface area contributed by atoms with Gasteiger partial charge >= 0.3 is 6.18 Å². The molecule has 2 N–H and O–H groups in total. The van der Waals surface area contributed by atoms with Gasteiger partial charge in [0.2, 0.25) is 0 Å². The molecule has 1 aliphatic carbocycles. The Bertz CT molecular complexity index is 1350. The number of benzene rings is 2. The Morgan fingerprint density at radius 3 is 2.49 bits per heavy atom. The number of thiocarbonyl (C=S) groups is 1. The van der Waals surface area contributed by atoms with Crippen LogP contribution in [0.4, 0.5) is 28.9 Å². The van der Waals surface area contributed by atoms with E-state index in [1.54, 1.807) is 11.0 Å². The van der Waals surface area contributed by atoms with Crippen LogP contribution in [0.25, 0.3) is 0 Å². The Morgan fingerprint density at radius 2 is 1.89 bits per heavy atom. The number of carbonyl (C=O) groups excluding carboxylic acids is 1. The molecule has 2 bridgehead atoms. The lowest BCUT2D eigenvalue weighted by molar-refractivity contribution is -0.137. The molecule has 1 saturated carbocycles. The van der Waals surface area contributed by atoms with E-state index in [1.165, 1.54) is 30.1 Å². The molecular formula is C26H24F4N4O2S. The van der Waals surface area contributed by atoms with E-state index in [1.807, 2.05) is 0 Å². The predicted octanol–water partition coefficient (Wildman–Crippen LogP) is 4.84. The van der Waals surface area contributed by atoms with Crippen molar-refractivity contribution in [2.24, 2.45) is 5.92 Å². The van der Waals surface area contributed by atoms with Gasteiger partial charge < -0.3 is 15.3 Å². The molecule has 3 aliphatic heterocycles. The number of nitrogens with zero attached hydrogens (tertiary/aromatic N) is 3. The topological polar surface area (TPSA) is 79.6 Å². The third kappa shape index (κ3) is 3.85. The van der Waals surface area contributed by atoms with E-state index in [-0.39, 0.29) is 27.7 Å². The second-order valence-electron chi connectivity index (χ2n) is 10.1. The van der Waals surface area contributed by atoms with E-state index in [9.17, 15) is 28.3 Å². The largest absolute Gasteiger partial charge is 0.417 e. The summed E-state index contributed by atoms with van der Waals surface area (Å²) < 4.78 is 56.3. The minimum absolute atomic E-state index is 0.0136. The average Bonchev–Trinajstić information content (AvgIpc) is 3.11. The molecule has 6 nitrogen and oxygen atoms in total. The number of nitrogens with one attached hydrogen (secondary N) is 1. The molecular weight excluding hydrogens is 508 g/mol. The number of rotatable bonds is 2. The zero-order valence-corrected chi connectivity index (χ0v) is 20.9. The van der Waals surface area contributed by atoms with Crippen LogP contribution in [0.3, 0.4) is 0 Å². The number of nitriles is 1. The maximum absolute atomic E-state index is 15.2. The first kappa shape index (κ1) is 25.4. The molecule has 37 heavy (non-hydrogen) atoms. The smallest absolute Gasteiger partial charge is 0.371 e. The van der Waals surface area contributed by atoms with Crippen molar-refractivity contribution in [1.82, 2.24) is 5.32 Å². The van der Waals surface area contributed by atoms with Crippen LogP contribution in [0, 0.1) is 23.1 Å². The molecule has 0 aromatic heterocycles. The maximum Gasteiger partial charge on any atom is 0.417 e. The highest BCUT2D eigenvalue weighted by atomic mass is 32.1. The van der Waals surface area contributed by atoms with Crippen molar-refractivity contribution in [3.63, 3.8) is 0 Å². The van der Waals surface area contributed by atoms with Crippen LogP contribution in [0.2, 0.25) is 0 Å². The van der Waals surface area contributed by atoms with Crippen LogP contribution in [0.1, 0.15) is 59.7 Å². The molecule has 194 valence electrons. The lowest BCUT2D eigenvalue weighted by Gasteiger charge is -2.47. The summed E-state index contributed by atoms with van der Waals surface area (Å²) in [6.07, 6.45) is -3.17. The molecule has 2 aromatic rings. The van der Waals surface area contributed by atoms with Crippen molar-refractivity contribution in [1.29, 1.82) is 5.26 Å². The first-order valence-electron chi connectivity index (χ1n) is 11.9. The number of alkyl halides is 3. The van der Waals surface area contributed by atoms with E-state index in [4.69, 9.17) is 12.2 Å². The quantitative estimate of drug-likeness (QED) is 0.426. The fourth-order valence-corrected chi connectivity index (χ4v) is 6.51. The summed E-state index contributed by atoms with van der Waals surface area (Å²) in [5.41, 5.74) is -1.05. The van der Waals surface area contributed by atoms with Gasteiger partial charge in [-0.1, -0.05) is 6.92 Å². The van der Waals surface area contributed by atoms with Gasteiger partial charge in [-0.25, -0.2) is 4.39 Å². The molecule has 0 spiro atoms. The first-order chi connectivity index (χ1) is 17.4. The molecule has 1 unspecified atom stereocenters. The van der Waals surface area contributed by atoms with Crippen LogP contribution in [-0.4, -0.2) is 35.4 Å². The highest BCUT2D eigenvalue weighted by Crippen LogP contribution is 2.53. The zero-order chi connectivity index (χ0) is 26.9. The minimum atomic E-state index is -4.78. The Hall–Kier alpha value is -3.23. The average molecular weight is 533 g/mol. The maximum atomic E-state index is 15.2. The number of carbonyl (C=O) groups is 1. The van der Waals surface area contributed by atoms with Crippen molar-refractivity contribution in [3.05, 3.63) is 58.4 Å². The van der Waals surface area contributed by atoms with Crippen LogP contribution in [-0.2, 0) is 11.6 Å². The van der Waals surface area contributed by atoms with Crippen molar-refractivity contribution < 1.29 is 27.5 Å². The van der Waals surface area contributed by atoms with Gasteiger partial charge in [-0.3, -0.25) is 9.69 Å². The summed E-state index contributed by atoms with van der Waals surface area (Å²) >= 11 is 5.72. The number of fused-ring (bicyclic) bond motifs is 2. The molecule has 1 saturated heterocycles. The fraction of sp³-hybridized carbons (Fsp3) is 0.423. The van der Waals surface area contributed by atoms with E-state index >= 15 is 4.39 Å². The van der Waals surface area contributed by atoms with E-state index < -0.39 is 41.3 Å². The van der Waals surface area contributed by atoms with Crippen molar-refractivity contribution in [2.45, 2.75) is 56.5 Å². The van der Waals surface area contributed by atoms with Gasteiger partial charge in [0.15, 0.2) is 11.3 Å². The number of amides is 1. The number of aliphatic hydroxyl groups excluding tert-OH is 1. The van der Waals surface area contributed by atoms with E-state index in [0.717, 1.165) is 37.8 Å². The summed E-state index contributed by atoms with van der Waals surface area (Å²) in [7, 11) is 1.41. The zero-order valence-electron chi connectivity index (χ0n) is 20.1. The summed E-state index contributed by atoms with van der Waals surface area (Å²) in [4.78, 5) is 15.3. The standard InChI is InChI=1S/C26H24F4N4O2S/c1-25-7-5-13(6-8-25)21-23(36)33(15-4-3-14(12-31)17(9-15)26(28,29)30)24(37)34(21)20-11-19(27)16(10-18(20)25)22(35)32-2/h3-4,9-11,13,21,23,36H,5-8H2,1-2H3,(H,32,35)/t13?,21-,23?,25?/m0/s1. The summed E-state index contributed by atoms with van der Waals surface area (Å²) in [6.45, 7) is 2.05. The number of hydrogen-bond donors (Lipinski definition) is 2. The molecule has 2 atom stereocenters. The molecule has 11 heteroatoms. The highest BCUT2D eigenvalue weighted by molar-refractivity contribution is 7.80. The predicted molar refractivity (Wildman–Crippen MR) is 133 cm³/mol. The molecule has 4 aliphatic rings. The van der Waals surface area contributed by atoms with Gasteiger partial charge in [0.1, 0.15) is 5.82 Å². The normalized spacial score (nSPS) is 26.8. The minimum Gasteiger partial charge on any atom is -0.371 e. The second-order valence-corrected chi connectivity index (χ2v) is 10.5. The van der Waals surface area contributed by atoms with Crippen LogP contribution >= 0.6 is 12.2 Å². The van der Waals surface area contributed by atoms with E-state index in [0.29, 0.717) is 11.3 Å². The summed E-state index contributed by atoms with van der Waals surface area (Å²) in [5.74, 6) is -1.37. The van der Waals surface area contributed by atoms with Gasteiger partial charge in [0.05, 0.1) is 34.5 Å². The van der Waals surface area contributed by atoms with Crippen LogP contribution in [0.5, 0.6) is 0 Å². The molecule has 0 radical (unpaired) electrons. The van der Waals surface area contributed by atoms with Crippen LogP contribution < -0.4 is 15.1 Å². The second kappa shape index (κ2) is 8.67. The Morgan fingerprint density at radius 1 is 1.22 bits per heavy atom. The van der Waals surface area contributed by atoms with Crippen LogP contribution in [0.15, 0.2) is 30.3 Å². The fourth-order valence-electron chi connectivity index (χ4n) is 6.08. The molecule has 6 rings (SSSR count).